The van der Waals surface area contributed by atoms with Gasteiger partial charge in [0.1, 0.15) is 11.9 Å². The Bertz CT molecular complexity index is 857. The Morgan fingerprint density at radius 1 is 1.31 bits per heavy atom. The van der Waals surface area contributed by atoms with Crippen LogP contribution in [-0.2, 0) is 27.3 Å². The van der Waals surface area contributed by atoms with Gasteiger partial charge < -0.3 is 18.9 Å². The monoisotopic (exact) mass is 397 g/mol. The van der Waals surface area contributed by atoms with Gasteiger partial charge in [-0.2, -0.15) is 0 Å². The topological polar surface area (TPSA) is 73.7 Å². The summed E-state index contributed by atoms with van der Waals surface area (Å²) in [4.78, 5) is 31.2. The van der Waals surface area contributed by atoms with E-state index in [1.165, 1.54) is 0 Å². The zero-order valence-corrected chi connectivity index (χ0v) is 16.8. The molecule has 1 atom stereocenters. The molecule has 0 N–H and O–H groups in total. The van der Waals surface area contributed by atoms with E-state index in [1.807, 2.05) is 39.9 Å². The molecular weight excluding hydrogens is 370 g/mol. The van der Waals surface area contributed by atoms with Crippen LogP contribution in [0.5, 0.6) is 5.75 Å². The number of aryl methyl sites for hydroxylation is 1. The van der Waals surface area contributed by atoms with Gasteiger partial charge >= 0.3 is 5.97 Å². The summed E-state index contributed by atoms with van der Waals surface area (Å²) in [6.45, 7) is 1.85. The average molecular weight is 397 g/mol. The molecule has 2 saturated heterocycles. The summed E-state index contributed by atoms with van der Waals surface area (Å²) in [5.41, 5.74) is 0.601. The average Bonchev–Trinajstić information content (AvgIpc) is 3.35. The van der Waals surface area contributed by atoms with Crippen molar-refractivity contribution in [3.63, 3.8) is 0 Å². The normalized spacial score (nSPS) is 20.7. The fourth-order valence-corrected chi connectivity index (χ4v) is 4.47. The first kappa shape index (κ1) is 19.5. The number of hydrogen-bond acceptors (Lipinski definition) is 5. The number of aromatic nitrogens is 2. The molecule has 2 fully saturated rings. The molecule has 0 saturated carbocycles. The molecule has 1 aromatic heterocycles. The number of benzene rings is 1. The Balaban J connectivity index is 1.29. The second-order valence-corrected chi connectivity index (χ2v) is 7.96. The van der Waals surface area contributed by atoms with Crippen molar-refractivity contribution in [1.82, 2.24) is 14.5 Å². The number of nitrogens with zero attached hydrogens (tertiary/aromatic N) is 3. The molecular formula is C22H27N3O4. The van der Waals surface area contributed by atoms with Crippen LogP contribution in [0.3, 0.4) is 0 Å². The number of para-hydroxylation sites is 1. The number of amides is 1. The van der Waals surface area contributed by atoms with Crippen molar-refractivity contribution in [3.8, 4) is 5.75 Å². The highest BCUT2D eigenvalue weighted by Crippen LogP contribution is 2.43. The van der Waals surface area contributed by atoms with Crippen LogP contribution in [0.15, 0.2) is 43.0 Å². The van der Waals surface area contributed by atoms with Crippen LogP contribution >= 0.6 is 0 Å². The number of esters is 1. The van der Waals surface area contributed by atoms with E-state index in [0.29, 0.717) is 51.7 Å². The lowest BCUT2D eigenvalue weighted by molar-refractivity contribution is -0.152. The number of cyclic esters (lactones) is 1. The summed E-state index contributed by atoms with van der Waals surface area (Å²) in [5, 5.41) is 0. The summed E-state index contributed by atoms with van der Waals surface area (Å²) in [6, 6.07) is 7.79. The van der Waals surface area contributed by atoms with Crippen LogP contribution in [0.4, 0.5) is 0 Å². The van der Waals surface area contributed by atoms with Crippen LogP contribution < -0.4 is 4.74 Å². The first-order chi connectivity index (χ1) is 14.1. The Morgan fingerprint density at radius 3 is 2.83 bits per heavy atom. The van der Waals surface area contributed by atoms with E-state index >= 15 is 0 Å². The molecule has 154 valence electrons. The third kappa shape index (κ3) is 4.13. The highest BCUT2D eigenvalue weighted by molar-refractivity contribution is 5.81. The lowest BCUT2D eigenvalue weighted by Crippen LogP contribution is -2.45. The van der Waals surface area contributed by atoms with Crippen LogP contribution in [0, 0.1) is 5.41 Å². The summed E-state index contributed by atoms with van der Waals surface area (Å²) in [5.74, 6) is 0.839. The van der Waals surface area contributed by atoms with Crippen molar-refractivity contribution in [2.75, 3.05) is 20.2 Å². The number of methoxy groups -OCH3 is 1. The SMILES string of the molecule is COc1ccccc1CCC(=O)N1CCC2(CC1)CC(Cn1ccnc1)OC2=O. The molecule has 1 aromatic carbocycles. The molecule has 1 unspecified atom stereocenters. The third-order valence-corrected chi connectivity index (χ3v) is 6.17. The van der Waals surface area contributed by atoms with Gasteiger partial charge in [0.05, 0.1) is 25.4 Å². The van der Waals surface area contributed by atoms with E-state index in [9.17, 15) is 9.59 Å². The van der Waals surface area contributed by atoms with Crippen molar-refractivity contribution in [1.29, 1.82) is 0 Å². The number of likely N-dealkylation sites (tertiary alicyclic amines) is 1. The number of imidazole rings is 1. The van der Waals surface area contributed by atoms with Gasteiger partial charge in [-0.25, -0.2) is 4.98 Å². The summed E-state index contributed by atoms with van der Waals surface area (Å²) >= 11 is 0. The van der Waals surface area contributed by atoms with E-state index in [0.717, 1.165) is 11.3 Å². The molecule has 2 aromatic rings. The summed E-state index contributed by atoms with van der Waals surface area (Å²) in [7, 11) is 1.64. The largest absolute Gasteiger partial charge is 0.496 e. The van der Waals surface area contributed by atoms with Crippen LogP contribution in [-0.4, -0.2) is 52.6 Å². The van der Waals surface area contributed by atoms with E-state index in [4.69, 9.17) is 9.47 Å². The smallest absolute Gasteiger partial charge is 0.312 e. The first-order valence-corrected chi connectivity index (χ1v) is 10.2. The van der Waals surface area contributed by atoms with Crippen molar-refractivity contribution >= 4 is 11.9 Å². The Hall–Kier alpha value is -2.83. The van der Waals surface area contributed by atoms with Crippen molar-refractivity contribution in [2.45, 2.75) is 44.8 Å². The molecule has 4 rings (SSSR count). The predicted octanol–water partition coefficient (Wildman–Crippen LogP) is 2.45. The minimum atomic E-state index is -0.440. The fraction of sp³-hybridized carbons (Fsp3) is 0.500. The highest BCUT2D eigenvalue weighted by Gasteiger charge is 2.50. The Kier molecular flexibility index (Phi) is 5.56. The first-order valence-electron chi connectivity index (χ1n) is 10.2. The molecule has 0 aliphatic carbocycles. The maximum Gasteiger partial charge on any atom is 0.312 e. The summed E-state index contributed by atoms with van der Waals surface area (Å²) in [6.07, 6.45) is 8.38. The lowest BCUT2D eigenvalue weighted by atomic mass is 9.76. The van der Waals surface area contributed by atoms with Gasteiger partial charge in [-0.3, -0.25) is 9.59 Å². The molecule has 0 bridgehead atoms. The van der Waals surface area contributed by atoms with E-state index in [-0.39, 0.29) is 18.0 Å². The van der Waals surface area contributed by atoms with Gasteiger partial charge in [0.2, 0.25) is 5.91 Å². The van der Waals surface area contributed by atoms with Gasteiger partial charge in [-0.1, -0.05) is 18.2 Å². The van der Waals surface area contributed by atoms with Crippen molar-refractivity contribution < 1.29 is 19.1 Å². The highest BCUT2D eigenvalue weighted by atomic mass is 16.6. The second-order valence-electron chi connectivity index (χ2n) is 7.96. The minimum absolute atomic E-state index is 0.108. The quantitative estimate of drug-likeness (QED) is 0.700. The molecule has 3 heterocycles. The predicted molar refractivity (Wildman–Crippen MR) is 106 cm³/mol. The number of rotatable bonds is 6. The van der Waals surface area contributed by atoms with E-state index in [1.54, 1.807) is 19.6 Å². The molecule has 1 amide bonds. The number of piperidine rings is 1. The number of hydrogen-bond donors (Lipinski definition) is 0. The molecule has 2 aliphatic rings. The molecule has 7 heteroatoms. The number of carbonyl (C=O) groups excluding carboxylic acids is 2. The van der Waals surface area contributed by atoms with Crippen molar-refractivity contribution in [3.05, 3.63) is 48.5 Å². The standard InChI is InChI=1S/C22H27N3O4/c1-28-19-5-3-2-4-17(19)6-7-20(26)25-11-8-22(9-12-25)14-18(29-21(22)27)15-24-13-10-23-16-24/h2-5,10,13,16,18H,6-9,11-12,14-15H2,1H3. The van der Waals surface area contributed by atoms with Gasteiger partial charge in [0, 0.05) is 38.3 Å². The van der Waals surface area contributed by atoms with Gasteiger partial charge in [-0.05, 0) is 30.9 Å². The van der Waals surface area contributed by atoms with Crippen LogP contribution in [0.25, 0.3) is 0 Å². The van der Waals surface area contributed by atoms with Crippen LogP contribution in [0.1, 0.15) is 31.2 Å². The fourth-order valence-electron chi connectivity index (χ4n) is 4.47. The second kappa shape index (κ2) is 8.27. The van der Waals surface area contributed by atoms with Crippen molar-refractivity contribution in [2.24, 2.45) is 5.41 Å². The maximum absolute atomic E-state index is 12.7. The Labute approximate surface area is 170 Å². The zero-order valence-electron chi connectivity index (χ0n) is 16.8. The molecule has 1 spiro atoms. The lowest BCUT2D eigenvalue weighted by Gasteiger charge is -2.36. The van der Waals surface area contributed by atoms with Gasteiger partial charge in [-0.15, -0.1) is 0 Å². The van der Waals surface area contributed by atoms with Gasteiger partial charge in [0.15, 0.2) is 0 Å². The van der Waals surface area contributed by atoms with Gasteiger partial charge in [0.25, 0.3) is 0 Å². The Morgan fingerprint density at radius 2 is 2.10 bits per heavy atom. The molecule has 7 nitrogen and oxygen atoms in total. The number of carbonyl (C=O) groups is 2. The molecule has 2 aliphatic heterocycles. The number of ether oxygens (including phenoxy) is 2. The van der Waals surface area contributed by atoms with E-state index in [2.05, 4.69) is 4.98 Å². The summed E-state index contributed by atoms with van der Waals surface area (Å²) < 4.78 is 13.0. The third-order valence-electron chi connectivity index (χ3n) is 6.17. The zero-order chi connectivity index (χ0) is 20.3. The maximum atomic E-state index is 12.7. The van der Waals surface area contributed by atoms with Crippen LogP contribution in [0.2, 0.25) is 0 Å². The molecule has 0 radical (unpaired) electrons. The minimum Gasteiger partial charge on any atom is -0.496 e. The molecule has 29 heavy (non-hydrogen) atoms. The van der Waals surface area contributed by atoms with E-state index < -0.39 is 5.41 Å².